The van der Waals surface area contributed by atoms with Crippen LogP contribution in [0.3, 0.4) is 0 Å². The van der Waals surface area contributed by atoms with E-state index in [0.717, 1.165) is 59.0 Å². The van der Waals surface area contributed by atoms with Crippen molar-refractivity contribution in [3.63, 3.8) is 0 Å². The highest BCUT2D eigenvalue weighted by Gasteiger charge is 2.24. The van der Waals surface area contributed by atoms with Gasteiger partial charge in [0.05, 0.1) is 6.61 Å². The second kappa shape index (κ2) is 9.48. The number of ether oxygens (including phenoxy) is 1. The summed E-state index contributed by atoms with van der Waals surface area (Å²) in [6.07, 6.45) is 4.33. The van der Waals surface area contributed by atoms with Crippen LogP contribution < -0.4 is 0 Å². The summed E-state index contributed by atoms with van der Waals surface area (Å²) in [7, 11) is 0. The van der Waals surface area contributed by atoms with Crippen molar-refractivity contribution in [3.05, 3.63) is 0 Å². The SMILES string of the molecule is CCOCCN1CCN(CCC(=O)N2CCCCC2)C[C@H]1C. The summed E-state index contributed by atoms with van der Waals surface area (Å²) in [6.45, 7) is 13.1. The van der Waals surface area contributed by atoms with Crippen LogP contribution >= 0.6 is 0 Å². The Bertz CT molecular complexity index is 332. The second-order valence-electron chi connectivity index (χ2n) is 6.57. The average molecular weight is 311 g/mol. The molecule has 1 atom stereocenters. The Balaban J connectivity index is 1.64. The van der Waals surface area contributed by atoms with E-state index in [-0.39, 0.29) is 0 Å². The molecule has 2 saturated heterocycles. The minimum atomic E-state index is 0.353. The van der Waals surface area contributed by atoms with Crippen LogP contribution in [0.4, 0.5) is 0 Å². The molecule has 0 N–H and O–H groups in total. The van der Waals surface area contributed by atoms with Crippen LogP contribution in [0.5, 0.6) is 0 Å². The van der Waals surface area contributed by atoms with Crippen LogP contribution in [-0.2, 0) is 9.53 Å². The molecular formula is C17H33N3O2. The maximum atomic E-state index is 12.2. The van der Waals surface area contributed by atoms with Gasteiger partial charge >= 0.3 is 0 Å². The zero-order chi connectivity index (χ0) is 15.8. The van der Waals surface area contributed by atoms with Crippen LogP contribution in [0.25, 0.3) is 0 Å². The number of likely N-dealkylation sites (tertiary alicyclic amines) is 1. The third kappa shape index (κ3) is 5.52. The monoisotopic (exact) mass is 311 g/mol. The van der Waals surface area contributed by atoms with Gasteiger partial charge in [-0.25, -0.2) is 0 Å². The highest BCUT2D eigenvalue weighted by molar-refractivity contribution is 5.76. The minimum Gasteiger partial charge on any atom is -0.380 e. The second-order valence-corrected chi connectivity index (χ2v) is 6.57. The minimum absolute atomic E-state index is 0.353. The number of carbonyl (C=O) groups is 1. The van der Waals surface area contributed by atoms with Gasteiger partial charge in [0.1, 0.15) is 0 Å². The number of hydrogen-bond acceptors (Lipinski definition) is 4. The first kappa shape index (κ1) is 17.7. The van der Waals surface area contributed by atoms with Gasteiger partial charge in [0.15, 0.2) is 0 Å². The molecule has 5 nitrogen and oxygen atoms in total. The van der Waals surface area contributed by atoms with Gasteiger partial charge in [-0.2, -0.15) is 0 Å². The molecule has 2 aliphatic heterocycles. The Morgan fingerprint density at radius 3 is 2.55 bits per heavy atom. The normalized spacial score (nSPS) is 24.6. The van der Waals surface area contributed by atoms with Crippen molar-refractivity contribution >= 4 is 5.91 Å². The molecule has 0 bridgehead atoms. The Morgan fingerprint density at radius 2 is 1.86 bits per heavy atom. The summed E-state index contributed by atoms with van der Waals surface area (Å²) in [5.74, 6) is 0.353. The lowest BCUT2D eigenvalue weighted by molar-refractivity contribution is -0.132. The summed E-state index contributed by atoms with van der Waals surface area (Å²) >= 11 is 0. The van der Waals surface area contributed by atoms with E-state index >= 15 is 0 Å². The average Bonchev–Trinajstić information content (AvgIpc) is 2.55. The standard InChI is InChI=1S/C17H33N3O2/c1-3-22-14-13-19-12-11-18(15-16(19)2)10-7-17(21)20-8-5-4-6-9-20/h16H,3-15H2,1-2H3/t16-/m1/s1. The molecule has 0 aromatic carbocycles. The molecule has 1 amide bonds. The molecular weight excluding hydrogens is 278 g/mol. The highest BCUT2D eigenvalue weighted by atomic mass is 16.5. The molecule has 2 fully saturated rings. The van der Waals surface area contributed by atoms with Gasteiger partial charge in [0, 0.05) is 64.9 Å². The molecule has 0 saturated carbocycles. The van der Waals surface area contributed by atoms with Gasteiger partial charge < -0.3 is 14.5 Å². The quantitative estimate of drug-likeness (QED) is 0.667. The van der Waals surface area contributed by atoms with Crippen molar-refractivity contribution < 1.29 is 9.53 Å². The molecule has 0 unspecified atom stereocenters. The Morgan fingerprint density at radius 1 is 1.09 bits per heavy atom. The van der Waals surface area contributed by atoms with E-state index in [2.05, 4.69) is 21.6 Å². The number of piperazine rings is 1. The van der Waals surface area contributed by atoms with Crippen LogP contribution in [-0.4, -0.2) is 85.7 Å². The van der Waals surface area contributed by atoms with Gasteiger partial charge in [-0.15, -0.1) is 0 Å². The molecule has 0 aliphatic carbocycles. The highest BCUT2D eigenvalue weighted by Crippen LogP contribution is 2.12. The molecule has 2 aliphatic rings. The van der Waals surface area contributed by atoms with Crippen LogP contribution in [0, 0.1) is 0 Å². The van der Waals surface area contributed by atoms with E-state index in [9.17, 15) is 4.79 Å². The number of hydrogen-bond donors (Lipinski definition) is 0. The Labute approximate surface area is 135 Å². The fourth-order valence-electron chi connectivity index (χ4n) is 3.49. The molecule has 0 aromatic rings. The number of piperidine rings is 1. The van der Waals surface area contributed by atoms with E-state index < -0.39 is 0 Å². The predicted octanol–water partition coefficient (Wildman–Crippen LogP) is 1.43. The largest absolute Gasteiger partial charge is 0.380 e. The molecule has 22 heavy (non-hydrogen) atoms. The fourth-order valence-corrected chi connectivity index (χ4v) is 3.49. The number of rotatable bonds is 7. The third-order valence-corrected chi connectivity index (χ3v) is 4.93. The van der Waals surface area contributed by atoms with Gasteiger partial charge in [0.25, 0.3) is 0 Å². The van der Waals surface area contributed by atoms with Crippen molar-refractivity contribution in [2.75, 3.05) is 59.0 Å². The lowest BCUT2D eigenvalue weighted by Gasteiger charge is -2.40. The van der Waals surface area contributed by atoms with Gasteiger partial charge in [-0.1, -0.05) is 0 Å². The summed E-state index contributed by atoms with van der Waals surface area (Å²) in [5, 5.41) is 0. The first-order valence-electron chi connectivity index (χ1n) is 9.02. The smallest absolute Gasteiger partial charge is 0.223 e. The first-order valence-corrected chi connectivity index (χ1v) is 9.02. The third-order valence-electron chi connectivity index (χ3n) is 4.93. The lowest BCUT2D eigenvalue weighted by Crippen LogP contribution is -2.53. The van der Waals surface area contributed by atoms with Crippen LogP contribution in [0.15, 0.2) is 0 Å². The first-order chi connectivity index (χ1) is 10.7. The maximum Gasteiger partial charge on any atom is 0.223 e. The van der Waals surface area contributed by atoms with E-state index in [1.807, 2.05) is 6.92 Å². The zero-order valence-corrected chi connectivity index (χ0v) is 14.4. The van der Waals surface area contributed by atoms with E-state index in [4.69, 9.17) is 4.74 Å². The topological polar surface area (TPSA) is 36.0 Å². The van der Waals surface area contributed by atoms with Crippen molar-refractivity contribution in [2.45, 2.75) is 45.6 Å². The molecule has 0 aromatic heterocycles. The molecule has 2 rings (SSSR count). The summed E-state index contributed by atoms with van der Waals surface area (Å²) in [4.78, 5) is 19.2. The van der Waals surface area contributed by atoms with Gasteiger partial charge in [-0.3, -0.25) is 9.69 Å². The summed E-state index contributed by atoms with van der Waals surface area (Å²) in [6, 6.07) is 0.555. The summed E-state index contributed by atoms with van der Waals surface area (Å²) < 4.78 is 5.45. The summed E-state index contributed by atoms with van der Waals surface area (Å²) in [5.41, 5.74) is 0. The Hall–Kier alpha value is -0.650. The number of amides is 1. The van der Waals surface area contributed by atoms with Crippen molar-refractivity contribution in [2.24, 2.45) is 0 Å². The maximum absolute atomic E-state index is 12.2. The molecule has 5 heteroatoms. The van der Waals surface area contributed by atoms with Crippen molar-refractivity contribution in [1.29, 1.82) is 0 Å². The zero-order valence-electron chi connectivity index (χ0n) is 14.4. The van der Waals surface area contributed by atoms with Crippen molar-refractivity contribution in [1.82, 2.24) is 14.7 Å². The number of carbonyl (C=O) groups excluding carboxylic acids is 1. The molecule has 0 radical (unpaired) electrons. The lowest BCUT2D eigenvalue weighted by atomic mass is 10.1. The van der Waals surface area contributed by atoms with E-state index in [1.54, 1.807) is 0 Å². The molecule has 0 spiro atoms. The van der Waals surface area contributed by atoms with Crippen molar-refractivity contribution in [3.8, 4) is 0 Å². The van der Waals surface area contributed by atoms with E-state index in [0.29, 0.717) is 18.4 Å². The number of nitrogens with zero attached hydrogens (tertiary/aromatic N) is 3. The predicted molar refractivity (Wildman–Crippen MR) is 89.0 cm³/mol. The molecule has 128 valence electrons. The van der Waals surface area contributed by atoms with Crippen LogP contribution in [0.1, 0.15) is 39.5 Å². The molecule has 2 heterocycles. The van der Waals surface area contributed by atoms with Gasteiger partial charge in [-0.05, 0) is 33.1 Å². The van der Waals surface area contributed by atoms with Gasteiger partial charge in [0.2, 0.25) is 5.91 Å². The fraction of sp³-hybridized carbons (Fsp3) is 0.941. The van der Waals surface area contributed by atoms with E-state index in [1.165, 1.54) is 19.3 Å². The Kier molecular flexibility index (Phi) is 7.63. The van der Waals surface area contributed by atoms with Crippen LogP contribution in [0.2, 0.25) is 0 Å².